The van der Waals surface area contributed by atoms with E-state index in [4.69, 9.17) is 0 Å². The normalized spacial score (nSPS) is 17.8. The highest BCUT2D eigenvalue weighted by Gasteiger charge is 2.29. The molecule has 0 bridgehead atoms. The first-order valence-electron chi connectivity index (χ1n) is 6.34. The minimum Gasteiger partial charge on any atom is -0.349 e. The summed E-state index contributed by atoms with van der Waals surface area (Å²) in [4.78, 5) is 12.1. The molecule has 0 saturated carbocycles. The van der Waals surface area contributed by atoms with E-state index in [9.17, 15) is 4.79 Å². The minimum atomic E-state index is 0. The van der Waals surface area contributed by atoms with Crippen molar-refractivity contribution in [1.82, 2.24) is 10.6 Å². The van der Waals surface area contributed by atoms with Gasteiger partial charge in [0.15, 0.2) is 0 Å². The number of carbonyl (C=O) groups is 1. The molecule has 1 aromatic carbocycles. The fourth-order valence-electron chi connectivity index (χ4n) is 2.08. The summed E-state index contributed by atoms with van der Waals surface area (Å²) < 4.78 is 1.04. The maximum Gasteiger partial charge on any atom is 0.223 e. The molecule has 1 heterocycles. The topological polar surface area (TPSA) is 41.1 Å². The molecule has 2 unspecified atom stereocenters. The Morgan fingerprint density at radius 1 is 1.42 bits per heavy atom. The molecule has 5 heteroatoms. The van der Waals surface area contributed by atoms with Crippen LogP contribution in [0.2, 0.25) is 0 Å². The lowest BCUT2D eigenvalue weighted by Gasteiger charge is -2.32. The van der Waals surface area contributed by atoms with Gasteiger partial charge in [-0.3, -0.25) is 4.79 Å². The average Bonchev–Trinajstić information content (AvgIpc) is 2.26. The van der Waals surface area contributed by atoms with E-state index in [1.54, 1.807) is 0 Å². The Morgan fingerprint density at radius 2 is 2.11 bits per heavy atom. The van der Waals surface area contributed by atoms with Crippen molar-refractivity contribution in [2.24, 2.45) is 11.8 Å². The van der Waals surface area contributed by atoms with Crippen molar-refractivity contribution in [2.45, 2.75) is 19.9 Å². The number of rotatable bonds is 4. The first-order valence-corrected chi connectivity index (χ1v) is 7.14. The second-order valence-corrected chi connectivity index (χ2v) is 5.91. The van der Waals surface area contributed by atoms with Gasteiger partial charge in [0.2, 0.25) is 5.91 Å². The molecule has 0 radical (unpaired) electrons. The summed E-state index contributed by atoms with van der Waals surface area (Å²) in [6, 6.07) is 8.10. The van der Waals surface area contributed by atoms with E-state index in [2.05, 4.69) is 26.6 Å². The largest absolute Gasteiger partial charge is 0.349 e. The van der Waals surface area contributed by atoms with E-state index in [-0.39, 0.29) is 30.3 Å². The second kappa shape index (κ2) is 7.27. The Bertz CT molecular complexity index is 437. The number of halogens is 2. The SMILES string of the molecule is CC(NC(=O)C(C)C1CNC1)c1cccc(Br)c1.Cl. The van der Waals surface area contributed by atoms with Crippen LogP contribution in [0.1, 0.15) is 25.5 Å². The second-order valence-electron chi connectivity index (χ2n) is 4.99. The van der Waals surface area contributed by atoms with Crippen LogP contribution < -0.4 is 10.6 Å². The first kappa shape index (κ1) is 16.5. The molecular weight excluding hydrogens is 328 g/mol. The number of amides is 1. The fourth-order valence-corrected chi connectivity index (χ4v) is 2.50. The van der Waals surface area contributed by atoms with Gasteiger partial charge in [0, 0.05) is 10.4 Å². The molecule has 1 fully saturated rings. The van der Waals surface area contributed by atoms with Crippen LogP contribution in [0.25, 0.3) is 0 Å². The Morgan fingerprint density at radius 3 is 2.63 bits per heavy atom. The van der Waals surface area contributed by atoms with Gasteiger partial charge in [-0.1, -0.05) is 35.0 Å². The van der Waals surface area contributed by atoms with Gasteiger partial charge in [-0.25, -0.2) is 0 Å². The molecule has 0 aromatic heterocycles. The third-order valence-corrected chi connectivity index (χ3v) is 4.13. The lowest BCUT2D eigenvalue weighted by molar-refractivity contribution is -0.127. The Kier molecular flexibility index (Phi) is 6.30. The maximum atomic E-state index is 12.1. The summed E-state index contributed by atoms with van der Waals surface area (Å²) in [7, 11) is 0. The summed E-state index contributed by atoms with van der Waals surface area (Å²) in [5.74, 6) is 0.717. The smallest absolute Gasteiger partial charge is 0.223 e. The summed E-state index contributed by atoms with van der Waals surface area (Å²) in [5, 5.41) is 6.29. The highest BCUT2D eigenvalue weighted by Crippen LogP contribution is 2.20. The zero-order valence-corrected chi connectivity index (χ0v) is 13.6. The van der Waals surface area contributed by atoms with Crippen molar-refractivity contribution in [1.29, 1.82) is 0 Å². The highest BCUT2D eigenvalue weighted by molar-refractivity contribution is 9.10. The maximum absolute atomic E-state index is 12.1. The van der Waals surface area contributed by atoms with Gasteiger partial charge in [-0.2, -0.15) is 0 Å². The standard InChI is InChI=1S/C14H19BrN2O.ClH/c1-9(12-7-16-8-12)14(18)17-10(2)11-4-3-5-13(15)6-11;/h3-6,9-10,12,16H,7-8H2,1-2H3,(H,17,18);1H. The molecule has 2 N–H and O–H groups in total. The molecule has 106 valence electrons. The van der Waals surface area contributed by atoms with Crippen LogP contribution in [0.3, 0.4) is 0 Å². The Hall–Kier alpha value is -0.580. The van der Waals surface area contributed by atoms with E-state index in [1.807, 2.05) is 38.1 Å². The molecule has 1 aliphatic rings. The van der Waals surface area contributed by atoms with E-state index in [0.717, 1.165) is 23.1 Å². The van der Waals surface area contributed by atoms with Gasteiger partial charge in [0.1, 0.15) is 0 Å². The van der Waals surface area contributed by atoms with Crippen LogP contribution in [-0.2, 0) is 4.79 Å². The predicted octanol–water partition coefficient (Wildman–Crippen LogP) is 2.90. The number of hydrogen-bond donors (Lipinski definition) is 2. The molecule has 3 nitrogen and oxygen atoms in total. The molecule has 1 aromatic rings. The first-order chi connectivity index (χ1) is 8.58. The van der Waals surface area contributed by atoms with Crippen LogP contribution in [0, 0.1) is 11.8 Å². The third kappa shape index (κ3) is 4.20. The molecule has 2 atom stereocenters. The summed E-state index contributed by atoms with van der Waals surface area (Å²) in [5.41, 5.74) is 1.12. The fraction of sp³-hybridized carbons (Fsp3) is 0.500. The third-order valence-electron chi connectivity index (χ3n) is 3.64. The number of hydrogen-bond acceptors (Lipinski definition) is 2. The molecule has 0 spiro atoms. The van der Waals surface area contributed by atoms with Gasteiger partial charge < -0.3 is 10.6 Å². The molecule has 1 amide bonds. The van der Waals surface area contributed by atoms with Gasteiger partial charge >= 0.3 is 0 Å². The van der Waals surface area contributed by atoms with E-state index in [0.29, 0.717) is 5.92 Å². The molecule has 19 heavy (non-hydrogen) atoms. The lowest BCUT2D eigenvalue weighted by atomic mass is 9.88. The van der Waals surface area contributed by atoms with Crippen LogP contribution in [0.15, 0.2) is 28.7 Å². The Labute approximate surface area is 129 Å². The summed E-state index contributed by atoms with van der Waals surface area (Å²) in [6.07, 6.45) is 0. The summed E-state index contributed by atoms with van der Waals surface area (Å²) >= 11 is 3.45. The van der Waals surface area contributed by atoms with Crippen molar-refractivity contribution in [3.63, 3.8) is 0 Å². The van der Waals surface area contributed by atoms with E-state index in [1.165, 1.54) is 0 Å². The van der Waals surface area contributed by atoms with E-state index < -0.39 is 0 Å². The summed E-state index contributed by atoms with van der Waals surface area (Å²) in [6.45, 7) is 5.94. The van der Waals surface area contributed by atoms with Crippen LogP contribution in [0.5, 0.6) is 0 Å². The molecule has 0 aliphatic carbocycles. The van der Waals surface area contributed by atoms with Crippen molar-refractivity contribution in [2.75, 3.05) is 13.1 Å². The van der Waals surface area contributed by atoms with Gasteiger partial charge in [-0.15, -0.1) is 12.4 Å². The zero-order chi connectivity index (χ0) is 13.1. The highest BCUT2D eigenvalue weighted by atomic mass is 79.9. The molecule has 2 rings (SSSR count). The van der Waals surface area contributed by atoms with E-state index >= 15 is 0 Å². The van der Waals surface area contributed by atoms with Gasteiger partial charge in [0.25, 0.3) is 0 Å². The van der Waals surface area contributed by atoms with Crippen molar-refractivity contribution in [3.8, 4) is 0 Å². The van der Waals surface area contributed by atoms with Crippen LogP contribution >= 0.6 is 28.3 Å². The monoisotopic (exact) mass is 346 g/mol. The quantitative estimate of drug-likeness (QED) is 0.879. The molecular formula is C14H20BrClN2O. The number of nitrogens with one attached hydrogen (secondary N) is 2. The zero-order valence-electron chi connectivity index (χ0n) is 11.2. The van der Waals surface area contributed by atoms with Crippen molar-refractivity contribution < 1.29 is 4.79 Å². The van der Waals surface area contributed by atoms with Crippen LogP contribution in [-0.4, -0.2) is 19.0 Å². The van der Waals surface area contributed by atoms with Crippen molar-refractivity contribution in [3.05, 3.63) is 34.3 Å². The Balaban J connectivity index is 0.00000180. The predicted molar refractivity (Wildman–Crippen MR) is 83.5 cm³/mol. The minimum absolute atomic E-state index is 0. The van der Waals surface area contributed by atoms with Crippen LogP contribution in [0.4, 0.5) is 0 Å². The molecule has 1 aliphatic heterocycles. The van der Waals surface area contributed by atoms with Gasteiger partial charge in [0.05, 0.1) is 6.04 Å². The van der Waals surface area contributed by atoms with Gasteiger partial charge in [-0.05, 0) is 43.6 Å². The lowest BCUT2D eigenvalue weighted by Crippen LogP contribution is -2.49. The molecule has 1 saturated heterocycles. The number of carbonyl (C=O) groups excluding carboxylic acids is 1. The average molecular weight is 348 g/mol. The van der Waals surface area contributed by atoms with Crippen molar-refractivity contribution >= 4 is 34.2 Å². The number of benzene rings is 1.